The van der Waals surface area contributed by atoms with Crippen LogP contribution < -0.4 is 10.5 Å². The van der Waals surface area contributed by atoms with E-state index in [1.807, 2.05) is 32.9 Å². The molecule has 1 heterocycles. The monoisotopic (exact) mass is 399 g/mol. The molecule has 1 aromatic carbocycles. The number of rotatable bonds is 6. The van der Waals surface area contributed by atoms with E-state index >= 15 is 0 Å². The fourth-order valence-corrected chi connectivity index (χ4v) is 3.71. The van der Waals surface area contributed by atoms with Gasteiger partial charge in [-0.3, -0.25) is 14.6 Å². The third-order valence-corrected chi connectivity index (χ3v) is 5.92. The van der Waals surface area contributed by atoms with E-state index < -0.39 is 0 Å². The van der Waals surface area contributed by atoms with Crippen molar-refractivity contribution in [2.24, 2.45) is 5.41 Å². The summed E-state index contributed by atoms with van der Waals surface area (Å²) >= 11 is 0. The highest BCUT2D eigenvalue weighted by Crippen LogP contribution is 2.49. The second-order valence-corrected chi connectivity index (χ2v) is 9.69. The van der Waals surface area contributed by atoms with Crippen molar-refractivity contribution in [2.45, 2.75) is 58.3 Å². The van der Waals surface area contributed by atoms with Gasteiger partial charge in [-0.05, 0) is 46.8 Å². The Morgan fingerprint density at radius 3 is 2.45 bits per heavy atom. The smallest absolute Gasteiger partial charge is 0.252 e. The van der Waals surface area contributed by atoms with Crippen LogP contribution in [0.15, 0.2) is 29.1 Å². The Hall–Kier alpha value is -2.50. The van der Waals surface area contributed by atoms with Crippen LogP contribution in [0.5, 0.6) is 0 Å². The highest BCUT2D eigenvalue weighted by atomic mass is 19.1. The number of hydrogen-bond acceptors (Lipinski definition) is 4. The van der Waals surface area contributed by atoms with E-state index in [4.69, 9.17) is 0 Å². The van der Waals surface area contributed by atoms with Crippen molar-refractivity contribution < 1.29 is 9.18 Å². The molecule has 0 bridgehead atoms. The zero-order valence-electron chi connectivity index (χ0n) is 18.1. The number of halogens is 1. The maximum Gasteiger partial charge on any atom is 0.252 e. The van der Waals surface area contributed by atoms with Gasteiger partial charge in [0.15, 0.2) is 5.78 Å². The number of Topliss-reactive ketones (excluding diaryl/α,β-unsaturated/α-hetero) is 1. The molecule has 1 aliphatic carbocycles. The number of carbonyl (C=O) groups is 1. The van der Waals surface area contributed by atoms with Gasteiger partial charge in [-0.2, -0.15) is 0 Å². The summed E-state index contributed by atoms with van der Waals surface area (Å²) in [4.78, 5) is 33.5. The molecule has 1 atom stereocenters. The summed E-state index contributed by atoms with van der Waals surface area (Å²) in [6.07, 6.45) is 2.17. The molecule has 0 radical (unpaired) electrons. The van der Waals surface area contributed by atoms with Gasteiger partial charge in [0.2, 0.25) is 5.95 Å². The van der Waals surface area contributed by atoms with Crippen molar-refractivity contribution in [3.63, 3.8) is 0 Å². The van der Waals surface area contributed by atoms with Crippen molar-refractivity contribution >= 4 is 11.7 Å². The lowest BCUT2D eigenvalue weighted by atomic mass is 9.73. The second kappa shape index (κ2) is 7.39. The average molecular weight is 400 g/mol. The van der Waals surface area contributed by atoms with Gasteiger partial charge in [-0.1, -0.05) is 39.8 Å². The van der Waals surface area contributed by atoms with Gasteiger partial charge in [-0.25, -0.2) is 9.37 Å². The third-order valence-electron chi connectivity index (χ3n) is 5.92. The number of aromatic nitrogens is 2. The van der Waals surface area contributed by atoms with Crippen LogP contribution in [-0.4, -0.2) is 29.8 Å². The minimum Gasteiger partial charge on any atom is -0.348 e. The molecule has 1 unspecified atom stereocenters. The van der Waals surface area contributed by atoms with Crippen LogP contribution in [0.4, 0.5) is 10.3 Å². The first kappa shape index (κ1) is 21.2. The van der Waals surface area contributed by atoms with Crippen molar-refractivity contribution in [3.05, 3.63) is 57.3 Å². The Labute approximate surface area is 171 Å². The molecule has 1 aromatic heterocycles. The van der Waals surface area contributed by atoms with E-state index in [-0.39, 0.29) is 46.0 Å². The van der Waals surface area contributed by atoms with Gasteiger partial charge in [-0.15, -0.1) is 0 Å². The minimum absolute atomic E-state index is 0.0484. The molecular weight excluding hydrogens is 369 g/mol. The molecule has 0 spiro atoms. The molecule has 2 aromatic rings. The highest BCUT2D eigenvalue weighted by Gasteiger charge is 2.41. The van der Waals surface area contributed by atoms with Crippen LogP contribution in [0.25, 0.3) is 0 Å². The standard InChI is InChI=1S/C23H30FN3O2/c1-22(2,3)16(14-7-8-15(17(24)11-14)23(4)9-10-23)12-19(28)18-13-20(29)26-21(25-18)27(5)6/h7-8,11,13,16H,9-10,12H2,1-6H3,(H,25,26,29). The Morgan fingerprint density at radius 2 is 1.93 bits per heavy atom. The Morgan fingerprint density at radius 1 is 1.28 bits per heavy atom. The quantitative estimate of drug-likeness (QED) is 0.730. The first-order chi connectivity index (χ1) is 13.4. The highest BCUT2D eigenvalue weighted by molar-refractivity contribution is 5.95. The van der Waals surface area contributed by atoms with E-state index in [1.54, 1.807) is 25.1 Å². The first-order valence-electron chi connectivity index (χ1n) is 10.0. The fraction of sp³-hybridized carbons (Fsp3) is 0.522. The molecule has 5 nitrogen and oxygen atoms in total. The summed E-state index contributed by atoms with van der Waals surface area (Å²) in [5.41, 5.74) is 1.01. The molecule has 0 amide bonds. The molecule has 1 saturated carbocycles. The number of carbonyl (C=O) groups excluding carboxylic acids is 1. The summed E-state index contributed by atoms with van der Waals surface area (Å²) < 4.78 is 14.8. The zero-order valence-corrected chi connectivity index (χ0v) is 18.1. The van der Waals surface area contributed by atoms with Gasteiger partial charge < -0.3 is 4.90 Å². The van der Waals surface area contributed by atoms with Gasteiger partial charge in [0.1, 0.15) is 11.5 Å². The van der Waals surface area contributed by atoms with Crippen LogP contribution in [0, 0.1) is 11.2 Å². The van der Waals surface area contributed by atoms with Crippen molar-refractivity contribution in [1.82, 2.24) is 9.97 Å². The normalized spacial score (nSPS) is 16.4. The predicted octanol–water partition coefficient (Wildman–Crippen LogP) is 4.43. The number of nitrogens with zero attached hydrogens (tertiary/aromatic N) is 2. The minimum atomic E-state index is -0.368. The molecule has 156 valence electrons. The van der Waals surface area contributed by atoms with E-state index in [2.05, 4.69) is 16.9 Å². The molecule has 6 heteroatoms. The molecule has 1 aliphatic rings. The number of aromatic amines is 1. The summed E-state index contributed by atoms with van der Waals surface area (Å²) in [6, 6.07) is 6.63. The van der Waals surface area contributed by atoms with Crippen LogP contribution in [0.1, 0.15) is 74.5 Å². The summed E-state index contributed by atoms with van der Waals surface area (Å²) in [6.45, 7) is 8.19. The predicted molar refractivity (Wildman–Crippen MR) is 113 cm³/mol. The topological polar surface area (TPSA) is 66.1 Å². The molecular formula is C23H30FN3O2. The SMILES string of the molecule is CN(C)c1nc(C(=O)CC(c2ccc(C3(C)CC3)c(F)c2)C(C)(C)C)cc(=O)[nH]1. The van der Waals surface area contributed by atoms with Crippen LogP contribution in [-0.2, 0) is 5.41 Å². The van der Waals surface area contributed by atoms with E-state index in [1.165, 1.54) is 6.07 Å². The van der Waals surface area contributed by atoms with Gasteiger partial charge in [0.05, 0.1) is 0 Å². The van der Waals surface area contributed by atoms with Crippen LogP contribution in [0.2, 0.25) is 0 Å². The van der Waals surface area contributed by atoms with E-state index in [9.17, 15) is 14.0 Å². The molecule has 29 heavy (non-hydrogen) atoms. The molecule has 0 saturated heterocycles. The lowest BCUT2D eigenvalue weighted by Gasteiger charge is -2.31. The van der Waals surface area contributed by atoms with E-state index in [0.29, 0.717) is 5.95 Å². The maximum absolute atomic E-state index is 14.8. The number of hydrogen-bond donors (Lipinski definition) is 1. The number of nitrogens with one attached hydrogen (secondary N) is 1. The number of anilines is 1. The molecule has 1 N–H and O–H groups in total. The Bertz CT molecular complexity index is 984. The van der Waals surface area contributed by atoms with Crippen LogP contribution in [0.3, 0.4) is 0 Å². The number of benzene rings is 1. The van der Waals surface area contributed by atoms with Crippen molar-refractivity contribution in [2.75, 3.05) is 19.0 Å². The average Bonchev–Trinajstić information content (AvgIpc) is 3.36. The van der Waals surface area contributed by atoms with Crippen LogP contribution >= 0.6 is 0 Å². The largest absolute Gasteiger partial charge is 0.348 e. The van der Waals surface area contributed by atoms with Gasteiger partial charge >= 0.3 is 0 Å². The second-order valence-electron chi connectivity index (χ2n) is 9.69. The van der Waals surface area contributed by atoms with E-state index in [0.717, 1.165) is 24.0 Å². The molecule has 3 rings (SSSR count). The lowest BCUT2D eigenvalue weighted by molar-refractivity contribution is 0.0946. The summed E-state index contributed by atoms with van der Waals surface area (Å²) in [5.74, 6) is -0.290. The summed E-state index contributed by atoms with van der Waals surface area (Å²) in [5, 5.41) is 0. The maximum atomic E-state index is 14.8. The first-order valence-corrected chi connectivity index (χ1v) is 10.0. The third kappa shape index (κ3) is 4.57. The Kier molecular flexibility index (Phi) is 5.41. The fourth-order valence-electron chi connectivity index (χ4n) is 3.71. The van der Waals surface area contributed by atoms with Gasteiger partial charge in [0, 0.05) is 26.6 Å². The number of H-pyrrole nitrogens is 1. The molecule has 0 aliphatic heterocycles. The lowest BCUT2D eigenvalue weighted by Crippen LogP contribution is -2.25. The number of ketones is 1. The summed E-state index contributed by atoms with van der Waals surface area (Å²) in [7, 11) is 3.49. The Balaban J connectivity index is 1.92. The van der Waals surface area contributed by atoms with Gasteiger partial charge in [0.25, 0.3) is 5.56 Å². The zero-order chi connectivity index (χ0) is 21.6. The molecule has 1 fully saturated rings. The van der Waals surface area contributed by atoms with Crippen molar-refractivity contribution in [1.29, 1.82) is 0 Å². The van der Waals surface area contributed by atoms with Crippen molar-refractivity contribution in [3.8, 4) is 0 Å².